The summed E-state index contributed by atoms with van der Waals surface area (Å²) in [7, 11) is 3.08. The number of aromatic nitrogens is 5. The summed E-state index contributed by atoms with van der Waals surface area (Å²) in [4.78, 5) is 25.6. The molecule has 5 rings (SSSR count). The molecule has 3 heterocycles. The summed E-state index contributed by atoms with van der Waals surface area (Å²) in [6.07, 6.45) is 5.24. The summed E-state index contributed by atoms with van der Waals surface area (Å²) in [6.45, 7) is 2.37. The van der Waals surface area contributed by atoms with Gasteiger partial charge in [-0.2, -0.15) is 5.10 Å². The van der Waals surface area contributed by atoms with Gasteiger partial charge < -0.3 is 24.3 Å². The fourth-order valence-corrected chi connectivity index (χ4v) is 3.82. The first-order valence-electron chi connectivity index (χ1n) is 11.6. The lowest BCUT2D eigenvalue weighted by atomic mass is 10.2. The highest BCUT2D eigenvalue weighted by Gasteiger charge is 2.26. The van der Waals surface area contributed by atoms with E-state index in [9.17, 15) is 4.79 Å². The molecule has 1 amide bonds. The van der Waals surface area contributed by atoms with Gasteiger partial charge in [-0.3, -0.25) is 14.9 Å². The fraction of sp³-hybridized carbons (Fsp3) is 0.320. The van der Waals surface area contributed by atoms with Crippen LogP contribution in [0.15, 0.2) is 36.8 Å². The molecule has 4 aromatic rings. The minimum absolute atomic E-state index is 0.0169. The first-order valence-corrected chi connectivity index (χ1v) is 11.6. The number of anilines is 1. The molecular weight excluding hydrogens is 464 g/mol. The molecule has 0 radical (unpaired) electrons. The number of methoxy groups -OCH3 is 2. The lowest BCUT2D eigenvalue weighted by Gasteiger charge is -2.13. The second-order valence-electron chi connectivity index (χ2n) is 8.26. The van der Waals surface area contributed by atoms with Crippen molar-refractivity contribution in [1.29, 1.82) is 0 Å². The van der Waals surface area contributed by atoms with Crippen molar-refractivity contribution >= 4 is 22.6 Å². The van der Waals surface area contributed by atoms with Crippen LogP contribution in [0.25, 0.3) is 10.9 Å². The molecule has 1 aromatic carbocycles. The number of nitrogens with zero attached hydrogens (tertiary/aromatic N) is 4. The van der Waals surface area contributed by atoms with Crippen molar-refractivity contribution in [2.45, 2.75) is 32.1 Å². The first-order chi connectivity index (χ1) is 17.6. The molecule has 3 aromatic heterocycles. The number of carbonyl (C=O) groups is 1. The maximum absolute atomic E-state index is 12.6. The van der Waals surface area contributed by atoms with Crippen LogP contribution in [0.4, 0.5) is 5.82 Å². The highest BCUT2D eigenvalue weighted by atomic mass is 16.5. The van der Waals surface area contributed by atoms with Gasteiger partial charge in [0.25, 0.3) is 0 Å². The van der Waals surface area contributed by atoms with Crippen molar-refractivity contribution in [3.63, 3.8) is 0 Å². The molecule has 186 valence electrons. The molecule has 2 N–H and O–H groups in total. The number of aromatic amines is 1. The fourth-order valence-electron chi connectivity index (χ4n) is 3.82. The number of fused-ring (bicyclic) bond motifs is 1. The molecule has 1 aliphatic carbocycles. The van der Waals surface area contributed by atoms with Crippen molar-refractivity contribution in [1.82, 2.24) is 25.1 Å². The Bertz CT molecular complexity index is 1400. The van der Waals surface area contributed by atoms with E-state index in [0.29, 0.717) is 63.8 Å². The molecule has 0 unspecified atom stereocenters. The quantitative estimate of drug-likeness (QED) is 0.338. The highest BCUT2D eigenvalue weighted by Crippen LogP contribution is 2.39. The van der Waals surface area contributed by atoms with E-state index in [-0.39, 0.29) is 12.3 Å². The second-order valence-corrected chi connectivity index (χ2v) is 8.26. The average molecular weight is 491 g/mol. The lowest BCUT2D eigenvalue weighted by Crippen LogP contribution is -2.16. The molecule has 1 aliphatic rings. The number of H-pyrrole nitrogens is 1. The molecule has 11 nitrogen and oxygen atoms in total. The minimum Gasteiger partial charge on any atom is -0.495 e. The SMILES string of the molecule is CCOc1cc2c(Oc3cnc(CC(=O)Nc4cc(C5CC5)[nH]n4)c(OC)c3)ncnc2cc1OC. The van der Waals surface area contributed by atoms with Crippen LogP contribution in [-0.4, -0.2) is 51.9 Å². The van der Waals surface area contributed by atoms with E-state index < -0.39 is 0 Å². The molecule has 11 heteroatoms. The van der Waals surface area contributed by atoms with Crippen molar-refractivity contribution in [2.75, 3.05) is 26.1 Å². The topological polar surface area (TPSA) is 133 Å². The lowest BCUT2D eigenvalue weighted by molar-refractivity contribution is -0.115. The summed E-state index contributed by atoms with van der Waals surface area (Å²) < 4.78 is 22.6. The third-order valence-corrected chi connectivity index (χ3v) is 5.73. The minimum atomic E-state index is -0.248. The molecule has 0 bridgehead atoms. The van der Waals surface area contributed by atoms with Gasteiger partial charge in [-0.05, 0) is 25.8 Å². The number of hydrogen-bond acceptors (Lipinski definition) is 9. The average Bonchev–Trinajstić information content (AvgIpc) is 3.63. The summed E-state index contributed by atoms with van der Waals surface area (Å²) in [5, 5.41) is 10.6. The predicted octanol–water partition coefficient (Wildman–Crippen LogP) is 4.01. The Morgan fingerprint density at radius 3 is 2.64 bits per heavy atom. The molecule has 1 saturated carbocycles. The van der Waals surface area contributed by atoms with Crippen molar-refractivity contribution in [3.05, 3.63) is 48.2 Å². The van der Waals surface area contributed by atoms with Crippen LogP contribution in [0.1, 0.15) is 37.1 Å². The standard InChI is InChI=1S/C25H26N6O5/c1-4-35-22-8-16-18(9-21(22)34-3)27-13-28-25(16)36-15-7-20(33-2)19(26-12-15)11-24(32)29-23-10-17(30-31-23)14-5-6-14/h7-10,12-14H,4-6,11H2,1-3H3,(H2,29,30,31,32). The van der Waals surface area contributed by atoms with E-state index >= 15 is 0 Å². The van der Waals surface area contributed by atoms with Crippen LogP contribution < -0.4 is 24.3 Å². The smallest absolute Gasteiger partial charge is 0.231 e. The first kappa shape index (κ1) is 23.3. The van der Waals surface area contributed by atoms with E-state index in [1.54, 1.807) is 25.3 Å². The number of pyridine rings is 1. The van der Waals surface area contributed by atoms with Crippen LogP contribution >= 0.6 is 0 Å². The molecule has 0 saturated heterocycles. The van der Waals surface area contributed by atoms with E-state index in [4.69, 9.17) is 18.9 Å². The highest BCUT2D eigenvalue weighted by molar-refractivity contribution is 5.91. The number of benzene rings is 1. The van der Waals surface area contributed by atoms with Gasteiger partial charge in [0.2, 0.25) is 11.8 Å². The van der Waals surface area contributed by atoms with Gasteiger partial charge in [-0.25, -0.2) is 9.97 Å². The van der Waals surface area contributed by atoms with Crippen molar-refractivity contribution in [3.8, 4) is 28.9 Å². The van der Waals surface area contributed by atoms with E-state index in [1.807, 2.05) is 13.0 Å². The van der Waals surface area contributed by atoms with E-state index in [1.165, 1.54) is 19.6 Å². The maximum Gasteiger partial charge on any atom is 0.231 e. The largest absolute Gasteiger partial charge is 0.495 e. The van der Waals surface area contributed by atoms with Crippen LogP contribution in [0.5, 0.6) is 28.9 Å². The summed E-state index contributed by atoms with van der Waals surface area (Å²) in [5.41, 5.74) is 2.15. The Labute approximate surface area is 207 Å². The third-order valence-electron chi connectivity index (χ3n) is 5.73. The molecule has 0 atom stereocenters. The van der Waals surface area contributed by atoms with Gasteiger partial charge in [0.15, 0.2) is 23.1 Å². The van der Waals surface area contributed by atoms with Crippen LogP contribution in [0.2, 0.25) is 0 Å². The van der Waals surface area contributed by atoms with Gasteiger partial charge in [-0.1, -0.05) is 0 Å². The monoisotopic (exact) mass is 490 g/mol. The predicted molar refractivity (Wildman–Crippen MR) is 131 cm³/mol. The van der Waals surface area contributed by atoms with Crippen molar-refractivity contribution < 1.29 is 23.7 Å². The summed E-state index contributed by atoms with van der Waals surface area (Å²) in [5.74, 6) is 3.04. The number of amides is 1. The van der Waals surface area contributed by atoms with Crippen LogP contribution in [0, 0.1) is 0 Å². The second kappa shape index (κ2) is 10.1. The Morgan fingerprint density at radius 1 is 1.06 bits per heavy atom. The number of ether oxygens (including phenoxy) is 4. The van der Waals surface area contributed by atoms with E-state index in [2.05, 4.69) is 30.5 Å². The Morgan fingerprint density at radius 2 is 1.89 bits per heavy atom. The molecule has 0 aliphatic heterocycles. The Hall–Kier alpha value is -4.41. The number of rotatable bonds is 10. The maximum atomic E-state index is 12.6. The van der Waals surface area contributed by atoms with Gasteiger partial charge in [0.1, 0.15) is 12.1 Å². The molecule has 0 spiro atoms. The van der Waals surface area contributed by atoms with E-state index in [0.717, 1.165) is 18.5 Å². The zero-order chi connectivity index (χ0) is 25.1. The summed E-state index contributed by atoms with van der Waals surface area (Å²) >= 11 is 0. The molecular formula is C25H26N6O5. The van der Waals surface area contributed by atoms with Crippen LogP contribution in [-0.2, 0) is 11.2 Å². The van der Waals surface area contributed by atoms with Gasteiger partial charge in [-0.15, -0.1) is 0 Å². The van der Waals surface area contributed by atoms with Gasteiger partial charge in [0.05, 0.1) is 50.0 Å². The summed E-state index contributed by atoms with van der Waals surface area (Å²) in [6, 6.07) is 7.08. The zero-order valence-electron chi connectivity index (χ0n) is 20.2. The van der Waals surface area contributed by atoms with Crippen molar-refractivity contribution in [2.24, 2.45) is 0 Å². The third kappa shape index (κ3) is 4.99. The van der Waals surface area contributed by atoms with Gasteiger partial charge >= 0.3 is 0 Å². The molecule has 1 fully saturated rings. The number of nitrogens with one attached hydrogen (secondary N) is 2. The number of hydrogen-bond donors (Lipinski definition) is 2. The van der Waals surface area contributed by atoms with Crippen LogP contribution in [0.3, 0.4) is 0 Å². The number of carbonyl (C=O) groups excluding carboxylic acids is 1. The van der Waals surface area contributed by atoms with Gasteiger partial charge in [0, 0.05) is 29.8 Å². The molecule has 36 heavy (non-hydrogen) atoms. The normalized spacial score (nSPS) is 12.9. The zero-order valence-corrected chi connectivity index (χ0v) is 20.2. The Kier molecular flexibility index (Phi) is 6.52. The Balaban J connectivity index is 1.33.